The van der Waals surface area contributed by atoms with Gasteiger partial charge in [-0.25, -0.2) is 4.79 Å². The third-order valence-electron chi connectivity index (χ3n) is 1.93. The van der Waals surface area contributed by atoms with Crippen molar-refractivity contribution in [1.29, 1.82) is 0 Å². The highest BCUT2D eigenvalue weighted by atomic mass is 16.5. The molecule has 0 atom stereocenters. The number of carbonyl (C=O) groups is 1. The van der Waals surface area contributed by atoms with E-state index in [2.05, 4.69) is 11.9 Å². The molecule has 0 aliphatic carbocycles. The van der Waals surface area contributed by atoms with Crippen LogP contribution in [0.2, 0.25) is 0 Å². The zero-order chi connectivity index (χ0) is 11.9. The standard InChI is InChI=1S/C11H21NO3/c1-5-15-10(14)9(2)6-12-7-11(3,4)8-13/h12-13H,2,5-8H2,1,3-4H3. The molecule has 0 aliphatic rings. The van der Waals surface area contributed by atoms with Crippen molar-refractivity contribution in [3.8, 4) is 0 Å². The molecule has 0 rings (SSSR count). The van der Waals surface area contributed by atoms with Crippen molar-refractivity contribution in [3.63, 3.8) is 0 Å². The summed E-state index contributed by atoms with van der Waals surface area (Å²) in [6.45, 7) is 10.7. The molecule has 88 valence electrons. The van der Waals surface area contributed by atoms with Gasteiger partial charge in [-0.15, -0.1) is 0 Å². The van der Waals surface area contributed by atoms with E-state index in [0.29, 0.717) is 25.3 Å². The first-order chi connectivity index (χ1) is 6.93. The molecule has 0 amide bonds. The van der Waals surface area contributed by atoms with E-state index in [9.17, 15) is 4.79 Å². The highest BCUT2D eigenvalue weighted by Gasteiger charge is 2.16. The molecular weight excluding hydrogens is 194 g/mol. The van der Waals surface area contributed by atoms with Gasteiger partial charge in [0.15, 0.2) is 0 Å². The SMILES string of the molecule is C=C(CNCC(C)(C)CO)C(=O)OCC. The van der Waals surface area contributed by atoms with Crippen molar-refractivity contribution in [2.45, 2.75) is 20.8 Å². The number of esters is 1. The lowest BCUT2D eigenvalue weighted by Crippen LogP contribution is -2.34. The summed E-state index contributed by atoms with van der Waals surface area (Å²) in [5.74, 6) is -0.369. The number of hydrogen-bond acceptors (Lipinski definition) is 4. The molecule has 0 aromatic rings. The zero-order valence-corrected chi connectivity index (χ0v) is 9.80. The molecule has 2 N–H and O–H groups in total. The summed E-state index contributed by atoms with van der Waals surface area (Å²) in [5, 5.41) is 12.1. The molecule has 0 saturated heterocycles. The average Bonchev–Trinajstić information content (AvgIpc) is 2.18. The van der Waals surface area contributed by atoms with Gasteiger partial charge in [-0.05, 0) is 6.92 Å². The van der Waals surface area contributed by atoms with Crippen LogP contribution < -0.4 is 5.32 Å². The van der Waals surface area contributed by atoms with Gasteiger partial charge in [0.1, 0.15) is 0 Å². The van der Waals surface area contributed by atoms with Gasteiger partial charge in [0.2, 0.25) is 0 Å². The Morgan fingerprint density at radius 3 is 2.60 bits per heavy atom. The highest BCUT2D eigenvalue weighted by molar-refractivity contribution is 5.88. The number of ether oxygens (including phenoxy) is 1. The van der Waals surface area contributed by atoms with Gasteiger partial charge in [-0.3, -0.25) is 0 Å². The quantitative estimate of drug-likeness (QED) is 0.485. The lowest BCUT2D eigenvalue weighted by molar-refractivity contribution is -0.138. The van der Waals surface area contributed by atoms with Gasteiger partial charge in [-0.2, -0.15) is 0 Å². The minimum atomic E-state index is -0.369. The van der Waals surface area contributed by atoms with Crippen LogP contribution >= 0.6 is 0 Å². The molecule has 0 spiro atoms. The fourth-order valence-electron chi connectivity index (χ4n) is 0.913. The highest BCUT2D eigenvalue weighted by Crippen LogP contribution is 2.11. The van der Waals surface area contributed by atoms with Crippen molar-refractivity contribution in [2.75, 3.05) is 26.3 Å². The number of aliphatic hydroxyl groups is 1. The van der Waals surface area contributed by atoms with Crippen LogP contribution in [0.1, 0.15) is 20.8 Å². The smallest absolute Gasteiger partial charge is 0.334 e. The third kappa shape index (κ3) is 6.25. The maximum atomic E-state index is 11.2. The van der Waals surface area contributed by atoms with Crippen LogP contribution in [0.25, 0.3) is 0 Å². The summed E-state index contributed by atoms with van der Waals surface area (Å²) < 4.78 is 4.78. The predicted molar refractivity (Wildman–Crippen MR) is 59.5 cm³/mol. The van der Waals surface area contributed by atoms with Crippen molar-refractivity contribution < 1.29 is 14.6 Å². The van der Waals surface area contributed by atoms with E-state index in [4.69, 9.17) is 9.84 Å². The molecule has 0 unspecified atom stereocenters. The van der Waals surface area contributed by atoms with Gasteiger partial charge >= 0.3 is 5.97 Å². The summed E-state index contributed by atoms with van der Waals surface area (Å²) in [7, 11) is 0. The second-order valence-corrected chi connectivity index (χ2v) is 4.25. The van der Waals surface area contributed by atoms with E-state index in [1.165, 1.54) is 0 Å². The van der Waals surface area contributed by atoms with Crippen molar-refractivity contribution in [2.24, 2.45) is 5.41 Å². The Bertz CT molecular complexity index is 224. The van der Waals surface area contributed by atoms with Crippen LogP contribution in [-0.4, -0.2) is 37.4 Å². The number of carbonyl (C=O) groups excluding carboxylic acids is 1. The Morgan fingerprint density at radius 2 is 2.13 bits per heavy atom. The fourth-order valence-corrected chi connectivity index (χ4v) is 0.913. The molecule has 0 radical (unpaired) electrons. The van der Waals surface area contributed by atoms with Gasteiger partial charge in [0, 0.05) is 30.7 Å². The van der Waals surface area contributed by atoms with Crippen LogP contribution in [0.3, 0.4) is 0 Å². The van der Waals surface area contributed by atoms with Crippen LogP contribution in [-0.2, 0) is 9.53 Å². The molecule has 0 aromatic heterocycles. The van der Waals surface area contributed by atoms with Gasteiger partial charge in [0.25, 0.3) is 0 Å². The Kier molecular flexibility index (Phi) is 6.20. The topological polar surface area (TPSA) is 58.6 Å². The minimum absolute atomic E-state index is 0.103. The van der Waals surface area contributed by atoms with Crippen molar-refractivity contribution in [1.82, 2.24) is 5.32 Å². The second-order valence-electron chi connectivity index (χ2n) is 4.25. The first-order valence-electron chi connectivity index (χ1n) is 5.09. The molecule has 0 bridgehead atoms. The largest absolute Gasteiger partial charge is 0.463 e. The van der Waals surface area contributed by atoms with Gasteiger partial charge in [0.05, 0.1) is 6.61 Å². The molecule has 0 heterocycles. The summed E-state index contributed by atoms with van der Waals surface area (Å²) in [6, 6.07) is 0. The molecule has 0 aliphatic heterocycles. The third-order valence-corrected chi connectivity index (χ3v) is 1.93. The fraction of sp³-hybridized carbons (Fsp3) is 0.727. The molecular formula is C11H21NO3. The van der Waals surface area contributed by atoms with E-state index < -0.39 is 0 Å². The monoisotopic (exact) mass is 215 g/mol. The number of rotatable bonds is 7. The Morgan fingerprint density at radius 1 is 1.53 bits per heavy atom. The lowest BCUT2D eigenvalue weighted by atomic mass is 9.95. The van der Waals surface area contributed by atoms with Crippen LogP contribution in [0.4, 0.5) is 0 Å². The van der Waals surface area contributed by atoms with Crippen molar-refractivity contribution in [3.05, 3.63) is 12.2 Å². The van der Waals surface area contributed by atoms with Crippen LogP contribution in [0.15, 0.2) is 12.2 Å². The molecule has 4 heteroatoms. The van der Waals surface area contributed by atoms with Crippen molar-refractivity contribution >= 4 is 5.97 Å². The molecule has 4 nitrogen and oxygen atoms in total. The first-order valence-corrected chi connectivity index (χ1v) is 5.09. The predicted octanol–water partition coefficient (Wildman–Crippen LogP) is 0.714. The lowest BCUT2D eigenvalue weighted by Gasteiger charge is -2.22. The number of nitrogens with one attached hydrogen (secondary N) is 1. The summed E-state index contributed by atoms with van der Waals surface area (Å²) in [4.78, 5) is 11.2. The molecule has 0 fully saturated rings. The van der Waals surface area contributed by atoms with Gasteiger partial charge in [-0.1, -0.05) is 20.4 Å². The number of hydrogen-bond donors (Lipinski definition) is 2. The summed E-state index contributed by atoms with van der Waals surface area (Å²) in [5.41, 5.74) is 0.222. The summed E-state index contributed by atoms with van der Waals surface area (Å²) >= 11 is 0. The van der Waals surface area contributed by atoms with Crippen LogP contribution in [0.5, 0.6) is 0 Å². The molecule has 15 heavy (non-hydrogen) atoms. The summed E-state index contributed by atoms with van der Waals surface area (Å²) in [6.07, 6.45) is 0. The number of aliphatic hydroxyl groups excluding tert-OH is 1. The average molecular weight is 215 g/mol. The van der Waals surface area contributed by atoms with E-state index in [0.717, 1.165) is 0 Å². The van der Waals surface area contributed by atoms with E-state index in [-0.39, 0.29) is 18.0 Å². The van der Waals surface area contributed by atoms with Gasteiger partial charge < -0.3 is 15.2 Å². The molecule has 0 aromatic carbocycles. The Hall–Kier alpha value is -0.870. The maximum Gasteiger partial charge on any atom is 0.334 e. The second kappa shape index (κ2) is 6.58. The van der Waals surface area contributed by atoms with Crippen LogP contribution in [0, 0.1) is 5.41 Å². The van der Waals surface area contributed by atoms with E-state index in [1.807, 2.05) is 13.8 Å². The normalized spacial score (nSPS) is 11.2. The minimum Gasteiger partial charge on any atom is -0.463 e. The molecule has 0 saturated carbocycles. The van der Waals surface area contributed by atoms with E-state index >= 15 is 0 Å². The first kappa shape index (κ1) is 14.1. The zero-order valence-electron chi connectivity index (χ0n) is 9.80. The van der Waals surface area contributed by atoms with E-state index in [1.54, 1.807) is 6.92 Å². The maximum absolute atomic E-state index is 11.2. The Labute approximate surface area is 91.3 Å². The Balaban J connectivity index is 3.77.